The highest BCUT2D eigenvalue weighted by Gasteiger charge is 2.21. The zero-order chi connectivity index (χ0) is 12.3. The molecule has 3 nitrogen and oxygen atoms in total. The first-order valence-corrected chi connectivity index (χ1v) is 7.46. The van der Waals surface area contributed by atoms with Crippen LogP contribution >= 0.6 is 22.9 Å². The molecule has 17 heavy (non-hydrogen) atoms. The first-order valence-electron chi connectivity index (χ1n) is 6.04. The maximum Gasteiger partial charge on any atom is 0.0941 e. The van der Waals surface area contributed by atoms with E-state index in [4.69, 9.17) is 16.3 Å². The summed E-state index contributed by atoms with van der Waals surface area (Å²) in [7, 11) is 0. The number of hydrogen-bond acceptors (Lipinski definition) is 4. The SMILES string of the molecule is CC1CN(CCc2nc(CCl)cs2)CC(C)O1. The number of ether oxygens (including phenoxy) is 1. The van der Waals surface area contributed by atoms with E-state index in [9.17, 15) is 0 Å². The summed E-state index contributed by atoms with van der Waals surface area (Å²) in [5.74, 6) is 0.516. The molecule has 96 valence electrons. The van der Waals surface area contributed by atoms with E-state index in [2.05, 4.69) is 23.7 Å². The van der Waals surface area contributed by atoms with Gasteiger partial charge in [0.2, 0.25) is 0 Å². The molecular formula is C12H19ClN2OS. The summed E-state index contributed by atoms with van der Waals surface area (Å²) in [6.45, 7) is 7.39. The fourth-order valence-corrected chi connectivity index (χ4v) is 3.26. The van der Waals surface area contributed by atoms with Crippen molar-refractivity contribution in [1.82, 2.24) is 9.88 Å². The van der Waals surface area contributed by atoms with E-state index >= 15 is 0 Å². The van der Waals surface area contributed by atoms with E-state index in [-0.39, 0.29) is 0 Å². The molecule has 2 rings (SSSR count). The van der Waals surface area contributed by atoms with Gasteiger partial charge in [-0.1, -0.05) is 0 Å². The molecule has 1 fully saturated rings. The Kier molecular flexibility index (Phi) is 4.79. The molecular weight excluding hydrogens is 256 g/mol. The number of nitrogens with zero attached hydrogens (tertiary/aromatic N) is 2. The van der Waals surface area contributed by atoms with E-state index in [1.54, 1.807) is 11.3 Å². The molecule has 0 saturated carbocycles. The van der Waals surface area contributed by atoms with Crippen molar-refractivity contribution >= 4 is 22.9 Å². The summed E-state index contributed by atoms with van der Waals surface area (Å²) in [6, 6.07) is 0. The average molecular weight is 275 g/mol. The van der Waals surface area contributed by atoms with Crippen LogP contribution in [0.4, 0.5) is 0 Å². The Morgan fingerprint density at radius 1 is 1.47 bits per heavy atom. The predicted molar refractivity (Wildman–Crippen MR) is 71.8 cm³/mol. The quantitative estimate of drug-likeness (QED) is 0.789. The normalized spacial score (nSPS) is 26.3. The Balaban J connectivity index is 1.81. The Bertz CT molecular complexity index is 348. The van der Waals surface area contributed by atoms with Crippen molar-refractivity contribution in [1.29, 1.82) is 0 Å². The molecule has 1 aromatic heterocycles. The molecule has 2 atom stereocenters. The van der Waals surface area contributed by atoms with Gasteiger partial charge in [-0.25, -0.2) is 4.98 Å². The number of thiazole rings is 1. The van der Waals surface area contributed by atoms with Crippen molar-refractivity contribution in [2.45, 2.75) is 38.4 Å². The minimum Gasteiger partial charge on any atom is -0.373 e. The lowest BCUT2D eigenvalue weighted by atomic mass is 10.2. The molecule has 1 aromatic rings. The third-order valence-electron chi connectivity index (χ3n) is 2.87. The second kappa shape index (κ2) is 6.14. The van der Waals surface area contributed by atoms with E-state index in [1.165, 1.54) is 5.01 Å². The van der Waals surface area contributed by atoms with E-state index in [0.29, 0.717) is 18.1 Å². The predicted octanol–water partition coefficient (Wildman–Crippen LogP) is 2.53. The summed E-state index contributed by atoms with van der Waals surface area (Å²) < 4.78 is 5.72. The first-order chi connectivity index (χ1) is 8.17. The van der Waals surface area contributed by atoms with Crippen molar-refractivity contribution in [3.8, 4) is 0 Å². The molecule has 0 radical (unpaired) electrons. The van der Waals surface area contributed by atoms with E-state index in [1.807, 2.05) is 5.38 Å². The van der Waals surface area contributed by atoms with Crippen LogP contribution in [0.2, 0.25) is 0 Å². The highest BCUT2D eigenvalue weighted by atomic mass is 35.5. The molecule has 0 spiro atoms. The minimum atomic E-state index is 0.341. The van der Waals surface area contributed by atoms with Gasteiger partial charge in [0.15, 0.2) is 0 Å². The van der Waals surface area contributed by atoms with Crippen molar-refractivity contribution in [2.24, 2.45) is 0 Å². The van der Waals surface area contributed by atoms with Crippen LogP contribution in [0.3, 0.4) is 0 Å². The van der Waals surface area contributed by atoms with E-state index < -0.39 is 0 Å². The van der Waals surface area contributed by atoms with Gasteiger partial charge in [-0.05, 0) is 13.8 Å². The van der Waals surface area contributed by atoms with Gasteiger partial charge < -0.3 is 4.74 Å². The monoisotopic (exact) mass is 274 g/mol. The molecule has 0 amide bonds. The fraction of sp³-hybridized carbons (Fsp3) is 0.750. The molecule has 1 aliphatic rings. The van der Waals surface area contributed by atoms with Crippen LogP contribution in [0, 0.1) is 0 Å². The molecule has 2 heterocycles. The van der Waals surface area contributed by atoms with E-state index in [0.717, 1.165) is 31.7 Å². The van der Waals surface area contributed by atoms with Crippen molar-refractivity contribution in [2.75, 3.05) is 19.6 Å². The smallest absolute Gasteiger partial charge is 0.0941 e. The van der Waals surface area contributed by atoms with Crippen LogP contribution in [0.5, 0.6) is 0 Å². The number of alkyl halides is 1. The summed E-state index contributed by atoms with van der Waals surface area (Å²) in [5.41, 5.74) is 0.996. The Morgan fingerprint density at radius 3 is 2.76 bits per heavy atom. The molecule has 0 aliphatic carbocycles. The van der Waals surface area contributed by atoms with Crippen LogP contribution in [0.15, 0.2) is 5.38 Å². The van der Waals surface area contributed by atoms with Crippen molar-refractivity contribution in [3.63, 3.8) is 0 Å². The molecule has 0 aromatic carbocycles. The largest absolute Gasteiger partial charge is 0.373 e. The van der Waals surface area contributed by atoms with Gasteiger partial charge in [-0.2, -0.15) is 0 Å². The van der Waals surface area contributed by atoms with Crippen LogP contribution in [-0.2, 0) is 17.0 Å². The molecule has 0 bridgehead atoms. The molecule has 0 N–H and O–H groups in total. The third-order valence-corrected chi connectivity index (χ3v) is 4.10. The lowest BCUT2D eigenvalue weighted by Gasteiger charge is -2.35. The lowest BCUT2D eigenvalue weighted by Crippen LogP contribution is -2.46. The second-order valence-electron chi connectivity index (χ2n) is 4.63. The number of morpholine rings is 1. The highest BCUT2D eigenvalue weighted by Crippen LogP contribution is 2.15. The standard InChI is InChI=1S/C12H19ClN2OS/c1-9-6-15(7-10(2)16-9)4-3-12-14-11(5-13)8-17-12/h8-10H,3-7H2,1-2H3. The van der Waals surface area contributed by atoms with Gasteiger partial charge in [0.1, 0.15) is 0 Å². The molecule has 1 aliphatic heterocycles. The molecule has 1 saturated heterocycles. The fourth-order valence-electron chi connectivity index (χ4n) is 2.25. The molecule has 5 heteroatoms. The number of rotatable bonds is 4. The van der Waals surface area contributed by atoms with Crippen molar-refractivity contribution < 1.29 is 4.74 Å². The zero-order valence-corrected chi connectivity index (χ0v) is 11.9. The van der Waals surface area contributed by atoms with Gasteiger partial charge in [0.05, 0.1) is 28.8 Å². The third kappa shape index (κ3) is 3.91. The second-order valence-corrected chi connectivity index (χ2v) is 5.84. The van der Waals surface area contributed by atoms with Crippen LogP contribution in [0.1, 0.15) is 24.5 Å². The maximum absolute atomic E-state index is 5.74. The summed E-state index contributed by atoms with van der Waals surface area (Å²) >= 11 is 7.46. The van der Waals surface area contributed by atoms with Gasteiger partial charge in [-0.15, -0.1) is 22.9 Å². The first kappa shape index (κ1) is 13.3. The van der Waals surface area contributed by atoms with Gasteiger partial charge in [0.25, 0.3) is 0 Å². The topological polar surface area (TPSA) is 25.4 Å². The Labute approximate surface area is 112 Å². The Morgan fingerprint density at radius 2 is 2.18 bits per heavy atom. The molecule has 2 unspecified atom stereocenters. The van der Waals surface area contributed by atoms with Crippen LogP contribution in [-0.4, -0.2) is 41.7 Å². The highest BCUT2D eigenvalue weighted by molar-refractivity contribution is 7.09. The van der Waals surface area contributed by atoms with Gasteiger partial charge >= 0.3 is 0 Å². The van der Waals surface area contributed by atoms with Gasteiger partial charge in [-0.3, -0.25) is 4.90 Å². The number of hydrogen-bond donors (Lipinski definition) is 0. The summed E-state index contributed by atoms with van der Waals surface area (Å²) in [5, 5.41) is 3.24. The van der Waals surface area contributed by atoms with Crippen LogP contribution in [0.25, 0.3) is 0 Å². The number of halogens is 1. The maximum atomic E-state index is 5.74. The minimum absolute atomic E-state index is 0.341. The average Bonchev–Trinajstić information content (AvgIpc) is 2.73. The summed E-state index contributed by atoms with van der Waals surface area (Å²) in [6.07, 6.45) is 1.70. The van der Waals surface area contributed by atoms with Gasteiger partial charge in [0, 0.05) is 31.4 Å². The van der Waals surface area contributed by atoms with Crippen LogP contribution < -0.4 is 0 Å². The summed E-state index contributed by atoms with van der Waals surface area (Å²) in [4.78, 5) is 6.94. The number of aromatic nitrogens is 1. The Hall–Kier alpha value is -0.160. The lowest BCUT2D eigenvalue weighted by molar-refractivity contribution is -0.0675. The van der Waals surface area contributed by atoms with Crippen molar-refractivity contribution in [3.05, 3.63) is 16.1 Å². The zero-order valence-electron chi connectivity index (χ0n) is 10.4.